The summed E-state index contributed by atoms with van der Waals surface area (Å²) in [6.45, 7) is 3.99. The molecule has 0 saturated carbocycles. The zero-order chi connectivity index (χ0) is 10.6. The van der Waals surface area contributed by atoms with Crippen molar-refractivity contribution in [3.8, 4) is 0 Å². The summed E-state index contributed by atoms with van der Waals surface area (Å²) in [6, 6.07) is 0.255. The largest absolute Gasteiger partial charge is 0.396 e. The van der Waals surface area contributed by atoms with Gasteiger partial charge >= 0.3 is 0 Å². The van der Waals surface area contributed by atoms with Gasteiger partial charge in [-0.25, -0.2) is 9.67 Å². The first-order valence-electron chi connectivity index (χ1n) is 4.79. The second kappa shape index (κ2) is 5.07. The van der Waals surface area contributed by atoms with Crippen LogP contribution in [-0.4, -0.2) is 38.2 Å². The maximum absolute atomic E-state index is 8.94. The second-order valence-electron chi connectivity index (χ2n) is 3.65. The molecule has 1 rings (SSSR count). The van der Waals surface area contributed by atoms with Gasteiger partial charge in [-0.2, -0.15) is 5.10 Å². The van der Waals surface area contributed by atoms with Crippen molar-refractivity contribution in [1.82, 2.24) is 14.8 Å². The lowest BCUT2D eigenvalue weighted by Crippen LogP contribution is -2.18. The molecule has 0 saturated heterocycles. The zero-order valence-electron chi connectivity index (χ0n) is 8.59. The maximum atomic E-state index is 8.94. The average molecular weight is 199 g/mol. The Morgan fingerprint density at radius 2 is 2.00 bits per heavy atom. The van der Waals surface area contributed by atoms with E-state index in [9.17, 15) is 0 Å². The van der Waals surface area contributed by atoms with Crippen LogP contribution in [0.2, 0.25) is 0 Å². The van der Waals surface area contributed by atoms with Crippen LogP contribution in [0.5, 0.6) is 0 Å². The lowest BCUT2D eigenvalue weighted by Gasteiger charge is -2.13. The quantitative estimate of drug-likeness (QED) is 0.700. The highest BCUT2D eigenvalue weighted by Crippen LogP contribution is 2.09. The molecule has 0 aliphatic carbocycles. The number of hydrogen-bond acceptors (Lipinski definition) is 4. The summed E-state index contributed by atoms with van der Waals surface area (Å²) in [5, 5.41) is 22.0. The number of aromatic nitrogens is 3. The third kappa shape index (κ3) is 2.52. The minimum atomic E-state index is -0.142. The Balaban J connectivity index is 2.70. The van der Waals surface area contributed by atoms with E-state index in [1.807, 2.05) is 13.8 Å². The molecule has 0 unspecified atom stereocenters. The number of hydrogen-bond donors (Lipinski definition) is 2. The average Bonchev–Trinajstić information content (AvgIpc) is 2.62. The van der Waals surface area contributed by atoms with E-state index in [4.69, 9.17) is 10.2 Å². The summed E-state index contributed by atoms with van der Waals surface area (Å²) in [4.78, 5) is 4.10. The Morgan fingerprint density at radius 3 is 2.50 bits per heavy atom. The van der Waals surface area contributed by atoms with Crippen molar-refractivity contribution < 1.29 is 10.2 Å². The monoisotopic (exact) mass is 199 g/mol. The van der Waals surface area contributed by atoms with E-state index >= 15 is 0 Å². The van der Waals surface area contributed by atoms with Gasteiger partial charge in [-0.15, -0.1) is 0 Å². The van der Waals surface area contributed by atoms with E-state index in [0.29, 0.717) is 6.42 Å². The smallest absolute Gasteiger partial charge is 0.138 e. The fourth-order valence-corrected chi connectivity index (χ4v) is 1.30. The molecular formula is C9H17N3O2. The number of aliphatic hydroxyl groups excluding tert-OH is 2. The van der Waals surface area contributed by atoms with Crippen LogP contribution >= 0.6 is 0 Å². The third-order valence-corrected chi connectivity index (χ3v) is 2.12. The first kappa shape index (κ1) is 11.1. The van der Waals surface area contributed by atoms with Crippen molar-refractivity contribution >= 4 is 0 Å². The predicted octanol–water partition coefficient (Wildman–Crippen LogP) is 0.00230. The molecule has 1 aromatic heterocycles. The van der Waals surface area contributed by atoms with Crippen molar-refractivity contribution in [2.24, 2.45) is 5.92 Å². The zero-order valence-corrected chi connectivity index (χ0v) is 8.59. The highest BCUT2D eigenvalue weighted by Gasteiger charge is 2.13. The van der Waals surface area contributed by atoms with Crippen LogP contribution in [-0.2, 0) is 6.42 Å². The Hall–Kier alpha value is -0.940. The minimum Gasteiger partial charge on any atom is -0.396 e. The Bertz CT molecular complexity index is 269. The first-order valence-corrected chi connectivity index (χ1v) is 4.79. The Morgan fingerprint density at radius 1 is 1.36 bits per heavy atom. The molecule has 2 N–H and O–H groups in total. The van der Waals surface area contributed by atoms with Crippen LogP contribution in [0.15, 0.2) is 6.33 Å². The van der Waals surface area contributed by atoms with Crippen LogP contribution in [0.25, 0.3) is 0 Å². The van der Waals surface area contributed by atoms with Gasteiger partial charge in [-0.1, -0.05) is 0 Å². The summed E-state index contributed by atoms with van der Waals surface area (Å²) in [5.41, 5.74) is 0. The molecule has 0 aliphatic rings. The highest BCUT2D eigenvalue weighted by molar-refractivity contribution is 4.88. The normalized spacial score (nSPS) is 11.6. The van der Waals surface area contributed by atoms with Gasteiger partial charge in [0, 0.05) is 31.6 Å². The summed E-state index contributed by atoms with van der Waals surface area (Å²) >= 11 is 0. The van der Waals surface area contributed by atoms with Crippen LogP contribution in [0.1, 0.15) is 25.7 Å². The number of nitrogens with zero attached hydrogens (tertiary/aromatic N) is 3. The molecule has 0 radical (unpaired) electrons. The molecular weight excluding hydrogens is 182 g/mol. The van der Waals surface area contributed by atoms with Gasteiger partial charge in [-0.3, -0.25) is 0 Å². The molecule has 0 atom stereocenters. The van der Waals surface area contributed by atoms with Crippen molar-refractivity contribution in [2.75, 3.05) is 13.2 Å². The van der Waals surface area contributed by atoms with Crippen molar-refractivity contribution in [1.29, 1.82) is 0 Å². The highest BCUT2D eigenvalue weighted by atomic mass is 16.3. The van der Waals surface area contributed by atoms with E-state index in [-0.39, 0.29) is 25.2 Å². The van der Waals surface area contributed by atoms with Gasteiger partial charge in [0.15, 0.2) is 0 Å². The van der Waals surface area contributed by atoms with E-state index in [1.54, 1.807) is 4.68 Å². The molecule has 1 heterocycles. The number of aliphatic hydroxyl groups is 2. The fraction of sp³-hybridized carbons (Fsp3) is 0.778. The maximum Gasteiger partial charge on any atom is 0.138 e. The molecule has 0 fully saturated rings. The molecule has 14 heavy (non-hydrogen) atoms. The fourth-order valence-electron chi connectivity index (χ4n) is 1.30. The summed E-state index contributed by atoms with van der Waals surface area (Å²) in [5.74, 6) is 0.671. The van der Waals surface area contributed by atoms with Crippen LogP contribution in [0.3, 0.4) is 0 Å². The molecule has 0 bridgehead atoms. The van der Waals surface area contributed by atoms with E-state index in [2.05, 4.69) is 10.1 Å². The van der Waals surface area contributed by atoms with Gasteiger partial charge in [0.05, 0.1) is 0 Å². The Kier molecular flexibility index (Phi) is 4.03. The standard InChI is InChI=1S/C9H17N3O2/c1-7(2)12-9(10-6-11-12)3-8(4-13)5-14/h6-8,13-14H,3-5H2,1-2H3. The van der Waals surface area contributed by atoms with Gasteiger partial charge in [0.25, 0.3) is 0 Å². The van der Waals surface area contributed by atoms with Crippen LogP contribution < -0.4 is 0 Å². The van der Waals surface area contributed by atoms with Crippen LogP contribution in [0.4, 0.5) is 0 Å². The van der Waals surface area contributed by atoms with E-state index in [1.165, 1.54) is 6.33 Å². The molecule has 0 aliphatic heterocycles. The topological polar surface area (TPSA) is 71.2 Å². The van der Waals surface area contributed by atoms with Gasteiger partial charge in [0.1, 0.15) is 12.2 Å². The first-order chi connectivity index (χ1) is 6.69. The van der Waals surface area contributed by atoms with Gasteiger partial charge in [0.2, 0.25) is 0 Å². The lowest BCUT2D eigenvalue weighted by atomic mass is 10.1. The predicted molar refractivity (Wildman–Crippen MR) is 51.8 cm³/mol. The second-order valence-corrected chi connectivity index (χ2v) is 3.65. The van der Waals surface area contributed by atoms with Crippen molar-refractivity contribution in [3.63, 3.8) is 0 Å². The molecule has 80 valence electrons. The Labute approximate surface area is 83.4 Å². The van der Waals surface area contributed by atoms with Gasteiger partial charge in [-0.05, 0) is 13.8 Å². The van der Waals surface area contributed by atoms with Gasteiger partial charge < -0.3 is 10.2 Å². The van der Waals surface area contributed by atoms with E-state index in [0.717, 1.165) is 5.82 Å². The minimum absolute atomic E-state index is 0.0263. The third-order valence-electron chi connectivity index (χ3n) is 2.12. The number of rotatable bonds is 5. The summed E-state index contributed by atoms with van der Waals surface area (Å²) < 4.78 is 1.80. The molecule has 0 aromatic carbocycles. The summed E-state index contributed by atoms with van der Waals surface area (Å²) in [7, 11) is 0. The van der Waals surface area contributed by atoms with Crippen molar-refractivity contribution in [2.45, 2.75) is 26.3 Å². The van der Waals surface area contributed by atoms with Crippen molar-refractivity contribution in [3.05, 3.63) is 12.2 Å². The molecule has 5 nitrogen and oxygen atoms in total. The molecule has 1 aromatic rings. The van der Waals surface area contributed by atoms with E-state index < -0.39 is 0 Å². The molecule has 0 spiro atoms. The molecule has 0 amide bonds. The SMILES string of the molecule is CC(C)n1ncnc1CC(CO)CO. The molecule has 5 heteroatoms. The summed E-state index contributed by atoms with van der Waals surface area (Å²) in [6.07, 6.45) is 2.06. The van der Waals surface area contributed by atoms with Crippen LogP contribution in [0, 0.1) is 5.92 Å². The lowest BCUT2D eigenvalue weighted by molar-refractivity contribution is 0.147.